The van der Waals surface area contributed by atoms with E-state index in [-0.39, 0.29) is 26.1 Å². The molecule has 2 atom stereocenters. The van der Waals surface area contributed by atoms with Crippen LogP contribution in [0.1, 0.15) is 149 Å². The number of carbonyl (C=O) groups excluding carboxylic acids is 2. The van der Waals surface area contributed by atoms with Gasteiger partial charge < -0.3 is 18.9 Å². The first-order valence-corrected chi connectivity index (χ1v) is 21.4. The van der Waals surface area contributed by atoms with Crippen LogP contribution in [0.4, 0.5) is 0 Å². The first-order valence-electron chi connectivity index (χ1n) is 19.9. The lowest BCUT2D eigenvalue weighted by Gasteiger charge is -2.24. The highest BCUT2D eigenvalue weighted by Crippen LogP contribution is 2.43. The number of likely N-dealkylation sites (N-methyl/N-ethyl adjacent to an activating group) is 1. The van der Waals surface area contributed by atoms with Gasteiger partial charge in [0.1, 0.15) is 19.8 Å². The van der Waals surface area contributed by atoms with Gasteiger partial charge in [0.2, 0.25) is 0 Å². The topological polar surface area (TPSA) is 108 Å². The summed E-state index contributed by atoms with van der Waals surface area (Å²) in [6.07, 6.45) is 37.2. The number of ether oxygens (including phenoxy) is 2. The molecule has 1 unspecified atom stereocenters. The summed E-state index contributed by atoms with van der Waals surface area (Å²) < 4.78 is 34.2. The van der Waals surface area contributed by atoms with E-state index in [2.05, 4.69) is 32.1 Å². The molecule has 0 aromatic rings. The summed E-state index contributed by atoms with van der Waals surface area (Å²) >= 11 is 0. The van der Waals surface area contributed by atoms with Crippen molar-refractivity contribution in [2.45, 2.75) is 155 Å². The third kappa shape index (κ3) is 37.5. The summed E-state index contributed by atoms with van der Waals surface area (Å²) in [5.41, 5.74) is 0. The summed E-state index contributed by atoms with van der Waals surface area (Å²) in [5, 5.41) is 0. The summed E-state index contributed by atoms with van der Waals surface area (Å²) in [5.74, 6) is -0.828. The minimum atomic E-state index is -4.37. The predicted octanol–water partition coefficient (Wildman–Crippen LogP) is 10.7. The van der Waals surface area contributed by atoms with E-state index >= 15 is 0 Å². The van der Waals surface area contributed by atoms with Crippen molar-refractivity contribution in [2.75, 3.05) is 47.5 Å². The van der Waals surface area contributed by atoms with E-state index in [9.17, 15) is 19.0 Å². The van der Waals surface area contributed by atoms with Crippen LogP contribution >= 0.6 is 7.82 Å². The molecule has 0 aliphatic carbocycles. The molecule has 0 aromatic carbocycles. The van der Waals surface area contributed by atoms with Crippen molar-refractivity contribution < 1.29 is 42.1 Å². The molecular formula is C41H75NO8P+. The molecule has 0 saturated carbocycles. The molecule has 0 spiro atoms. The molecule has 0 aliphatic rings. The zero-order valence-electron chi connectivity index (χ0n) is 33.1. The minimum absolute atomic E-state index is 0.0267. The van der Waals surface area contributed by atoms with Crippen LogP contribution in [0.25, 0.3) is 0 Å². The standard InChI is InChI=1S/C41H74NO8P/c1-6-8-10-12-14-16-18-20-21-22-24-25-27-29-31-33-40(43)47-37-39(38-49-51(45,46)48-36-35-42(3,4)5)50-41(44)34-32-30-28-26-23-19-17-15-13-11-9-7-2/h8,10,12,14,16,18,20-21,39H,6-7,9,11,13,15,17,19,22-38H2,1-5H3/p+1/b10-8+,14-12+,18-16+,21-20+/t39-/m1/s1. The van der Waals surface area contributed by atoms with Crippen LogP contribution in [0, 0.1) is 0 Å². The van der Waals surface area contributed by atoms with Gasteiger partial charge in [-0.2, -0.15) is 0 Å². The Labute approximate surface area is 312 Å². The van der Waals surface area contributed by atoms with E-state index < -0.39 is 32.5 Å². The van der Waals surface area contributed by atoms with Crippen LogP contribution in [-0.2, 0) is 32.7 Å². The lowest BCUT2D eigenvalue weighted by Crippen LogP contribution is -2.37. The molecule has 0 rings (SSSR count). The van der Waals surface area contributed by atoms with Crippen LogP contribution < -0.4 is 0 Å². The molecule has 51 heavy (non-hydrogen) atoms. The molecule has 0 amide bonds. The summed E-state index contributed by atoms with van der Waals surface area (Å²) in [6.45, 7) is 4.23. The van der Waals surface area contributed by atoms with Crippen LogP contribution in [0.2, 0.25) is 0 Å². The Kier molecular flexibility index (Phi) is 32.4. The van der Waals surface area contributed by atoms with Crippen molar-refractivity contribution in [2.24, 2.45) is 0 Å². The normalized spacial score (nSPS) is 14.2. The van der Waals surface area contributed by atoms with E-state index in [1.807, 2.05) is 51.5 Å². The number of esters is 2. The van der Waals surface area contributed by atoms with Crippen LogP contribution in [0.5, 0.6) is 0 Å². The van der Waals surface area contributed by atoms with E-state index in [1.165, 1.54) is 57.8 Å². The smallest absolute Gasteiger partial charge is 0.462 e. The molecule has 0 aromatic heterocycles. The lowest BCUT2D eigenvalue weighted by atomic mass is 10.0. The molecule has 0 bridgehead atoms. The number of allylic oxidation sites excluding steroid dienone is 8. The van der Waals surface area contributed by atoms with Crippen molar-refractivity contribution in [1.82, 2.24) is 0 Å². The Morgan fingerprint density at radius 3 is 1.67 bits per heavy atom. The second-order valence-corrected chi connectivity index (χ2v) is 15.8. The van der Waals surface area contributed by atoms with Crippen LogP contribution in [-0.4, -0.2) is 74.9 Å². The van der Waals surface area contributed by atoms with Crippen molar-refractivity contribution in [3.63, 3.8) is 0 Å². The maximum Gasteiger partial charge on any atom is 0.472 e. The summed E-state index contributed by atoms with van der Waals surface area (Å²) in [7, 11) is 1.46. The van der Waals surface area contributed by atoms with Gasteiger partial charge >= 0.3 is 19.8 Å². The fourth-order valence-corrected chi connectivity index (χ4v) is 5.82. The number of rotatable bonds is 35. The third-order valence-electron chi connectivity index (χ3n) is 8.22. The van der Waals surface area contributed by atoms with Gasteiger partial charge in [-0.25, -0.2) is 4.57 Å². The Bertz CT molecular complexity index is 1020. The highest BCUT2D eigenvalue weighted by molar-refractivity contribution is 7.47. The first kappa shape index (κ1) is 49.0. The van der Waals surface area contributed by atoms with Gasteiger partial charge in [-0.15, -0.1) is 0 Å². The molecule has 0 fully saturated rings. The molecule has 0 heterocycles. The number of quaternary nitrogens is 1. The van der Waals surface area contributed by atoms with Crippen molar-refractivity contribution in [1.29, 1.82) is 0 Å². The van der Waals surface area contributed by atoms with E-state index in [1.54, 1.807) is 0 Å². The SMILES string of the molecule is CC/C=C/C=C/C=C/C=C/CCCCCCCC(=O)OC[C@H](COP(=O)(O)OCC[N+](C)(C)C)OC(=O)CCCCCCCCCCCCCC. The zero-order chi connectivity index (χ0) is 37.9. The second kappa shape index (κ2) is 33.8. The van der Waals surface area contributed by atoms with Gasteiger partial charge in [-0.3, -0.25) is 18.6 Å². The second-order valence-electron chi connectivity index (χ2n) is 14.4. The third-order valence-corrected chi connectivity index (χ3v) is 9.20. The molecule has 296 valence electrons. The minimum Gasteiger partial charge on any atom is -0.462 e. The van der Waals surface area contributed by atoms with Crippen molar-refractivity contribution >= 4 is 19.8 Å². The Hall–Kier alpha value is -2.03. The van der Waals surface area contributed by atoms with Gasteiger partial charge in [0, 0.05) is 12.8 Å². The van der Waals surface area contributed by atoms with Gasteiger partial charge in [-0.1, -0.05) is 152 Å². The van der Waals surface area contributed by atoms with Crippen molar-refractivity contribution in [3.8, 4) is 0 Å². The Morgan fingerprint density at radius 1 is 0.627 bits per heavy atom. The highest BCUT2D eigenvalue weighted by Gasteiger charge is 2.27. The number of phosphoric ester groups is 1. The van der Waals surface area contributed by atoms with Crippen molar-refractivity contribution in [3.05, 3.63) is 48.6 Å². The number of nitrogens with zero attached hydrogens (tertiary/aromatic N) is 1. The number of hydrogen-bond donors (Lipinski definition) is 1. The Balaban J connectivity index is 4.46. The Morgan fingerprint density at radius 2 is 1.12 bits per heavy atom. The van der Waals surface area contributed by atoms with E-state index in [4.69, 9.17) is 18.5 Å². The molecular weight excluding hydrogens is 665 g/mol. The maximum atomic E-state index is 12.6. The molecule has 10 heteroatoms. The number of carbonyl (C=O) groups is 2. The summed E-state index contributed by atoms with van der Waals surface area (Å²) in [4.78, 5) is 35.2. The lowest BCUT2D eigenvalue weighted by molar-refractivity contribution is -0.870. The monoisotopic (exact) mass is 741 g/mol. The zero-order valence-corrected chi connectivity index (χ0v) is 34.0. The number of hydrogen-bond acceptors (Lipinski definition) is 7. The first-order chi connectivity index (χ1) is 24.5. The largest absolute Gasteiger partial charge is 0.472 e. The average molecular weight is 741 g/mol. The van der Waals surface area contributed by atoms with E-state index in [0.717, 1.165) is 51.4 Å². The van der Waals surface area contributed by atoms with Crippen LogP contribution in [0.15, 0.2) is 48.6 Å². The quantitative estimate of drug-likeness (QED) is 0.0225. The van der Waals surface area contributed by atoms with Gasteiger partial charge in [0.15, 0.2) is 6.10 Å². The highest BCUT2D eigenvalue weighted by atomic mass is 31.2. The average Bonchev–Trinajstić information content (AvgIpc) is 3.07. The molecule has 1 N–H and O–H groups in total. The van der Waals surface area contributed by atoms with Gasteiger partial charge in [-0.05, 0) is 32.1 Å². The summed E-state index contributed by atoms with van der Waals surface area (Å²) in [6, 6.07) is 0. The van der Waals surface area contributed by atoms with Gasteiger partial charge in [0.25, 0.3) is 0 Å². The number of unbranched alkanes of at least 4 members (excludes halogenated alkanes) is 16. The fraction of sp³-hybridized carbons (Fsp3) is 0.756. The number of phosphoric acid groups is 1. The van der Waals surface area contributed by atoms with Gasteiger partial charge in [0.05, 0.1) is 27.7 Å². The van der Waals surface area contributed by atoms with Crippen LogP contribution in [0.3, 0.4) is 0 Å². The molecule has 0 radical (unpaired) electrons. The maximum absolute atomic E-state index is 12.6. The fourth-order valence-electron chi connectivity index (χ4n) is 5.08. The molecule has 9 nitrogen and oxygen atoms in total. The molecule has 0 aliphatic heterocycles. The predicted molar refractivity (Wildman–Crippen MR) is 210 cm³/mol. The molecule has 0 saturated heterocycles. The van der Waals surface area contributed by atoms with E-state index in [0.29, 0.717) is 23.9 Å².